The number of rotatable bonds is 4. The lowest BCUT2D eigenvalue weighted by molar-refractivity contribution is 0.622. The van der Waals surface area contributed by atoms with Crippen LogP contribution in [-0.2, 0) is 6.42 Å². The summed E-state index contributed by atoms with van der Waals surface area (Å²) in [5.41, 5.74) is 9.53. The van der Waals surface area contributed by atoms with Gasteiger partial charge in [0.1, 0.15) is 5.82 Å². The third-order valence-corrected chi connectivity index (χ3v) is 3.58. The predicted octanol–water partition coefficient (Wildman–Crippen LogP) is 4.18. The van der Waals surface area contributed by atoms with Gasteiger partial charge < -0.3 is 10.6 Å². The van der Waals surface area contributed by atoms with Crippen LogP contribution >= 0.6 is 0 Å². The first-order valence-corrected chi connectivity index (χ1v) is 6.91. The highest BCUT2D eigenvalue weighted by Crippen LogP contribution is 2.32. The molecule has 1 unspecified atom stereocenters. The molecule has 2 aromatic carbocycles. The molecule has 0 fully saturated rings. The van der Waals surface area contributed by atoms with Crippen LogP contribution in [0.1, 0.15) is 31.0 Å². The molecule has 0 amide bonds. The quantitative estimate of drug-likeness (QED) is 0.905. The molecule has 0 radical (unpaired) electrons. The van der Waals surface area contributed by atoms with Crippen molar-refractivity contribution in [3.05, 3.63) is 59.4 Å². The molecule has 0 heterocycles. The third kappa shape index (κ3) is 2.83. The van der Waals surface area contributed by atoms with Crippen LogP contribution in [0.25, 0.3) is 0 Å². The highest BCUT2D eigenvalue weighted by molar-refractivity contribution is 5.67. The van der Waals surface area contributed by atoms with Gasteiger partial charge in [0.05, 0.1) is 5.69 Å². The highest BCUT2D eigenvalue weighted by atomic mass is 19.1. The molecule has 0 spiro atoms. The van der Waals surface area contributed by atoms with Crippen molar-refractivity contribution >= 4 is 11.4 Å². The molecule has 1 atom stereocenters. The summed E-state index contributed by atoms with van der Waals surface area (Å²) < 4.78 is 14.2. The van der Waals surface area contributed by atoms with E-state index in [1.54, 1.807) is 6.07 Å². The molecule has 0 aromatic heterocycles. The van der Waals surface area contributed by atoms with Gasteiger partial charge in [-0.25, -0.2) is 4.39 Å². The zero-order valence-corrected chi connectivity index (χ0v) is 12.2. The van der Waals surface area contributed by atoms with Crippen molar-refractivity contribution in [1.82, 2.24) is 0 Å². The average molecular weight is 272 g/mol. The van der Waals surface area contributed by atoms with Crippen LogP contribution in [0.3, 0.4) is 0 Å². The summed E-state index contributed by atoms with van der Waals surface area (Å²) in [5.74, 6) is -0.248. The number of aryl methyl sites for hydroxylation is 1. The Morgan fingerprint density at radius 3 is 2.35 bits per heavy atom. The number of anilines is 2. The minimum absolute atomic E-state index is 0.210. The summed E-state index contributed by atoms with van der Waals surface area (Å²) in [5, 5.41) is 0. The van der Waals surface area contributed by atoms with Gasteiger partial charge in [-0.2, -0.15) is 0 Å². The number of nitrogens with zero attached hydrogens (tertiary/aromatic N) is 1. The van der Waals surface area contributed by atoms with Crippen molar-refractivity contribution < 1.29 is 4.39 Å². The molecular weight excluding hydrogens is 251 g/mol. The summed E-state index contributed by atoms with van der Waals surface area (Å²) in [6.45, 7) is 3.98. The fourth-order valence-electron chi connectivity index (χ4n) is 2.34. The summed E-state index contributed by atoms with van der Waals surface area (Å²) in [7, 11) is 1.87. The first-order valence-electron chi connectivity index (χ1n) is 6.91. The summed E-state index contributed by atoms with van der Waals surface area (Å²) in [4.78, 5) is 1.85. The van der Waals surface area contributed by atoms with E-state index in [9.17, 15) is 4.39 Å². The molecule has 3 heteroatoms. The van der Waals surface area contributed by atoms with Crippen molar-refractivity contribution in [2.45, 2.75) is 26.3 Å². The average Bonchev–Trinajstić information content (AvgIpc) is 2.46. The molecule has 20 heavy (non-hydrogen) atoms. The SMILES string of the molecule is CCc1ccc(N(C)c2c(F)cccc2C(C)N)cc1. The second kappa shape index (κ2) is 6.06. The van der Waals surface area contributed by atoms with Crippen LogP contribution in [0, 0.1) is 5.82 Å². The Hall–Kier alpha value is -1.87. The first-order chi connectivity index (χ1) is 9.54. The van der Waals surface area contributed by atoms with Crippen LogP contribution in [0.15, 0.2) is 42.5 Å². The van der Waals surface area contributed by atoms with Crippen molar-refractivity contribution in [1.29, 1.82) is 0 Å². The molecule has 0 saturated carbocycles. The second-order valence-electron chi connectivity index (χ2n) is 5.05. The zero-order chi connectivity index (χ0) is 14.7. The van der Waals surface area contributed by atoms with Crippen LogP contribution < -0.4 is 10.6 Å². The van der Waals surface area contributed by atoms with Crippen LogP contribution in [-0.4, -0.2) is 7.05 Å². The molecule has 0 aliphatic carbocycles. The molecule has 2 N–H and O–H groups in total. The molecule has 106 valence electrons. The van der Waals surface area contributed by atoms with Gasteiger partial charge in [0, 0.05) is 18.8 Å². The third-order valence-electron chi connectivity index (χ3n) is 3.58. The monoisotopic (exact) mass is 272 g/mol. The van der Waals surface area contributed by atoms with E-state index in [-0.39, 0.29) is 11.9 Å². The van der Waals surface area contributed by atoms with E-state index in [0.29, 0.717) is 5.69 Å². The van der Waals surface area contributed by atoms with Gasteiger partial charge in [0.15, 0.2) is 0 Å². The fourth-order valence-corrected chi connectivity index (χ4v) is 2.34. The normalized spacial score (nSPS) is 12.2. The van der Waals surface area contributed by atoms with Gasteiger partial charge in [-0.05, 0) is 42.7 Å². The fraction of sp³-hybridized carbons (Fsp3) is 0.294. The Bertz CT molecular complexity index is 576. The van der Waals surface area contributed by atoms with Gasteiger partial charge in [-0.3, -0.25) is 0 Å². The zero-order valence-electron chi connectivity index (χ0n) is 12.2. The Morgan fingerprint density at radius 1 is 1.15 bits per heavy atom. The highest BCUT2D eigenvalue weighted by Gasteiger charge is 2.16. The number of para-hydroxylation sites is 1. The standard InChI is InChI=1S/C17H21FN2/c1-4-13-8-10-14(11-9-13)20(3)17-15(12(2)19)6-5-7-16(17)18/h5-12H,4,19H2,1-3H3. The smallest absolute Gasteiger partial charge is 0.147 e. The van der Waals surface area contributed by atoms with E-state index >= 15 is 0 Å². The van der Waals surface area contributed by atoms with Crippen LogP contribution in [0.5, 0.6) is 0 Å². The largest absolute Gasteiger partial charge is 0.342 e. The van der Waals surface area contributed by atoms with Crippen molar-refractivity contribution in [3.63, 3.8) is 0 Å². The lowest BCUT2D eigenvalue weighted by Crippen LogP contribution is -2.17. The molecule has 2 rings (SSSR count). The van der Waals surface area contributed by atoms with Crippen molar-refractivity contribution in [2.75, 3.05) is 11.9 Å². The summed E-state index contributed by atoms with van der Waals surface area (Å²) in [6.07, 6.45) is 0.995. The predicted molar refractivity (Wildman–Crippen MR) is 82.9 cm³/mol. The summed E-state index contributed by atoms with van der Waals surface area (Å²) >= 11 is 0. The van der Waals surface area contributed by atoms with E-state index in [1.165, 1.54) is 11.6 Å². The second-order valence-corrected chi connectivity index (χ2v) is 5.05. The molecule has 0 aliphatic heterocycles. The van der Waals surface area contributed by atoms with E-state index in [1.807, 2.05) is 37.1 Å². The van der Waals surface area contributed by atoms with Gasteiger partial charge in [-0.1, -0.05) is 31.2 Å². The Balaban J connectivity index is 2.44. The lowest BCUT2D eigenvalue weighted by Gasteiger charge is -2.24. The Kier molecular flexibility index (Phi) is 4.40. The van der Waals surface area contributed by atoms with E-state index in [0.717, 1.165) is 17.7 Å². The minimum atomic E-state index is -0.248. The Morgan fingerprint density at radius 2 is 1.80 bits per heavy atom. The number of hydrogen-bond acceptors (Lipinski definition) is 2. The topological polar surface area (TPSA) is 29.3 Å². The molecule has 2 nitrogen and oxygen atoms in total. The van der Waals surface area contributed by atoms with Crippen LogP contribution in [0.4, 0.5) is 15.8 Å². The maximum Gasteiger partial charge on any atom is 0.147 e. The molecular formula is C17H21FN2. The molecule has 0 aliphatic rings. The van der Waals surface area contributed by atoms with Gasteiger partial charge in [0.2, 0.25) is 0 Å². The van der Waals surface area contributed by atoms with Gasteiger partial charge in [0.25, 0.3) is 0 Å². The van der Waals surface area contributed by atoms with E-state index < -0.39 is 0 Å². The molecule has 0 saturated heterocycles. The number of halogens is 1. The van der Waals surface area contributed by atoms with Gasteiger partial charge >= 0.3 is 0 Å². The van der Waals surface area contributed by atoms with Crippen LogP contribution in [0.2, 0.25) is 0 Å². The van der Waals surface area contributed by atoms with Crippen molar-refractivity contribution in [2.24, 2.45) is 5.73 Å². The first kappa shape index (κ1) is 14.5. The van der Waals surface area contributed by atoms with Gasteiger partial charge in [-0.15, -0.1) is 0 Å². The number of nitrogens with two attached hydrogens (primary N) is 1. The molecule has 2 aromatic rings. The maximum atomic E-state index is 14.2. The number of benzene rings is 2. The van der Waals surface area contributed by atoms with E-state index in [2.05, 4.69) is 19.1 Å². The minimum Gasteiger partial charge on any atom is -0.342 e. The van der Waals surface area contributed by atoms with Crippen molar-refractivity contribution in [3.8, 4) is 0 Å². The molecule has 0 bridgehead atoms. The Labute approximate surface area is 120 Å². The lowest BCUT2D eigenvalue weighted by atomic mass is 10.0. The number of hydrogen-bond donors (Lipinski definition) is 1. The summed E-state index contributed by atoms with van der Waals surface area (Å²) in [6, 6.07) is 13.0. The van der Waals surface area contributed by atoms with E-state index in [4.69, 9.17) is 5.73 Å². The maximum absolute atomic E-state index is 14.2.